The molecule has 1 atom stereocenters. The van der Waals surface area contributed by atoms with Crippen molar-refractivity contribution in [3.63, 3.8) is 0 Å². The number of anilines is 1. The van der Waals surface area contributed by atoms with E-state index in [9.17, 15) is 9.59 Å². The van der Waals surface area contributed by atoms with E-state index in [1.807, 2.05) is 60.5 Å². The van der Waals surface area contributed by atoms with Gasteiger partial charge in [0, 0.05) is 37.4 Å². The fourth-order valence-corrected chi connectivity index (χ4v) is 4.40. The highest BCUT2D eigenvalue weighted by molar-refractivity contribution is 6.00. The number of hydrogen-bond acceptors (Lipinski definition) is 4. The third-order valence-corrected chi connectivity index (χ3v) is 6.44. The summed E-state index contributed by atoms with van der Waals surface area (Å²) in [5.41, 5.74) is 3.93. The maximum Gasteiger partial charge on any atom is 0.256 e. The fourth-order valence-electron chi connectivity index (χ4n) is 4.40. The molecular weight excluding hydrogens is 414 g/mol. The van der Waals surface area contributed by atoms with E-state index in [2.05, 4.69) is 34.5 Å². The highest BCUT2D eigenvalue weighted by atomic mass is 16.2. The van der Waals surface area contributed by atoms with E-state index in [4.69, 9.17) is 0 Å². The van der Waals surface area contributed by atoms with Gasteiger partial charge in [0.05, 0.1) is 23.0 Å². The molecule has 7 heteroatoms. The van der Waals surface area contributed by atoms with Gasteiger partial charge in [-0.2, -0.15) is 5.10 Å². The SMILES string of the molecule is Cc1ccn(-c2cc(NC(=O)C3CC3)ccc2C(=O)N2CCN(C)CC2c2ccccc2)n1. The second-order valence-electron chi connectivity index (χ2n) is 9.08. The maximum absolute atomic E-state index is 13.9. The molecule has 1 unspecified atom stereocenters. The number of aryl methyl sites for hydroxylation is 1. The molecule has 1 saturated heterocycles. The van der Waals surface area contributed by atoms with Crippen molar-refractivity contribution in [1.82, 2.24) is 19.6 Å². The van der Waals surface area contributed by atoms with Crippen LogP contribution in [0.2, 0.25) is 0 Å². The number of hydrogen-bond donors (Lipinski definition) is 1. The summed E-state index contributed by atoms with van der Waals surface area (Å²) in [4.78, 5) is 30.5. The van der Waals surface area contributed by atoms with Crippen LogP contribution in [0.5, 0.6) is 0 Å². The Hall–Kier alpha value is -3.45. The summed E-state index contributed by atoms with van der Waals surface area (Å²) in [7, 11) is 2.09. The van der Waals surface area contributed by atoms with Crippen LogP contribution in [0.3, 0.4) is 0 Å². The van der Waals surface area contributed by atoms with Gasteiger partial charge in [0.1, 0.15) is 0 Å². The quantitative estimate of drug-likeness (QED) is 0.653. The van der Waals surface area contributed by atoms with Gasteiger partial charge in [-0.05, 0) is 56.6 Å². The first-order valence-electron chi connectivity index (χ1n) is 11.5. The lowest BCUT2D eigenvalue weighted by molar-refractivity contribution is -0.117. The molecule has 1 aromatic heterocycles. The lowest BCUT2D eigenvalue weighted by atomic mass is 10.0. The Labute approximate surface area is 194 Å². The van der Waals surface area contributed by atoms with Crippen LogP contribution in [0.15, 0.2) is 60.8 Å². The normalized spacial score (nSPS) is 18.8. The Morgan fingerprint density at radius 1 is 1.03 bits per heavy atom. The van der Waals surface area contributed by atoms with Crippen LogP contribution in [0, 0.1) is 12.8 Å². The van der Waals surface area contributed by atoms with Crippen molar-refractivity contribution in [3.8, 4) is 5.69 Å². The van der Waals surface area contributed by atoms with Crippen molar-refractivity contribution < 1.29 is 9.59 Å². The molecular formula is C26H29N5O2. The summed E-state index contributed by atoms with van der Waals surface area (Å²) < 4.78 is 1.73. The Bertz CT molecular complexity index is 1170. The van der Waals surface area contributed by atoms with Gasteiger partial charge in [0.2, 0.25) is 5.91 Å². The largest absolute Gasteiger partial charge is 0.329 e. The zero-order chi connectivity index (χ0) is 22.9. The summed E-state index contributed by atoms with van der Waals surface area (Å²) in [6.45, 7) is 4.16. The Balaban J connectivity index is 1.51. The van der Waals surface area contributed by atoms with Gasteiger partial charge in [0.15, 0.2) is 0 Å². The number of piperazine rings is 1. The van der Waals surface area contributed by atoms with E-state index in [0.717, 1.165) is 37.2 Å². The molecule has 2 aliphatic rings. The predicted molar refractivity (Wildman–Crippen MR) is 127 cm³/mol. The van der Waals surface area contributed by atoms with Crippen LogP contribution in [0.25, 0.3) is 5.69 Å². The molecule has 2 fully saturated rings. The minimum absolute atomic E-state index is 0.0276. The Morgan fingerprint density at radius 3 is 2.52 bits per heavy atom. The molecule has 170 valence electrons. The number of amides is 2. The van der Waals surface area contributed by atoms with E-state index >= 15 is 0 Å². The zero-order valence-corrected chi connectivity index (χ0v) is 19.1. The highest BCUT2D eigenvalue weighted by Crippen LogP contribution is 2.32. The van der Waals surface area contributed by atoms with Crippen LogP contribution < -0.4 is 5.32 Å². The van der Waals surface area contributed by atoms with Gasteiger partial charge >= 0.3 is 0 Å². The Kier molecular flexibility index (Phi) is 5.72. The smallest absolute Gasteiger partial charge is 0.256 e. The molecule has 0 bridgehead atoms. The van der Waals surface area contributed by atoms with Gasteiger partial charge in [-0.3, -0.25) is 9.59 Å². The summed E-state index contributed by atoms with van der Waals surface area (Å²) >= 11 is 0. The number of benzene rings is 2. The van der Waals surface area contributed by atoms with Gasteiger partial charge in [0.25, 0.3) is 5.91 Å². The van der Waals surface area contributed by atoms with Crippen molar-refractivity contribution in [2.75, 3.05) is 32.0 Å². The average Bonchev–Trinajstić information content (AvgIpc) is 3.60. The molecule has 2 amide bonds. The number of rotatable bonds is 5. The third-order valence-electron chi connectivity index (χ3n) is 6.44. The molecule has 0 radical (unpaired) electrons. The molecule has 2 heterocycles. The van der Waals surface area contributed by atoms with E-state index in [0.29, 0.717) is 23.5 Å². The first kappa shape index (κ1) is 21.4. The number of aromatic nitrogens is 2. The summed E-state index contributed by atoms with van der Waals surface area (Å²) in [6, 6.07) is 17.6. The minimum atomic E-state index is -0.0288. The molecule has 5 rings (SSSR count). The standard InChI is InChI=1S/C26H29N5O2/c1-18-12-13-31(28-18)23-16-21(27-25(32)20-8-9-20)10-11-22(23)26(33)30-15-14-29(2)17-24(30)19-6-4-3-5-7-19/h3-7,10-13,16,20,24H,8-9,14-15,17H2,1-2H3,(H,27,32). The van der Waals surface area contributed by atoms with Crippen LogP contribution in [-0.4, -0.2) is 58.1 Å². The number of carbonyl (C=O) groups is 2. The molecule has 1 aliphatic heterocycles. The van der Waals surface area contributed by atoms with Crippen molar-refractivity contribution in [1.29, 1.82) is 0 Å². The van der Waals surface area contributed by atoms with Crippen molar-refractivity contribution in [3.05, 3.63) is 77.6 Å². The summed E-state index contributed by atoms with van der Waals surface area (Å²) in [5, 5.41) is 7.55. The average molecular weight is 444 g/mol. The molecule has 33 heavy (non-hydrogen) atoms. The van der Waals surface area contributed by atoms with Crippen molar-refractivity contribution in [2.24, 2.45) is 5.92 Å². The summed E-state index contributed by atoms with van der Waals surface area (Å²) in [6.07, 6.45) is 3.74. The third kappa shape index (κ3) is 4.54. The fraction of sp³-hybridized carbons (Fsp3) is 0.346. The van der Waals surface area contributed by atoms with Crippen LogP contribution in [-0.2, 0) is 4.79 Å². The monoisotopic (exact) mass is 443 g/mol. The number of likely N-dealkylation sites (N-methyl/N-ethyl adjacent to an activating group) is 1. The van der Waals surface area contributed by atoms with Crippen LogP contribution in [0.1, 0.15) is 40.5 Å². The first-order valence-corrected chi connectivity index (χ1v) is 11.5. The summed E-state index contributed by atoms with van der Waals surface area (Å²) in [5.74, 6) is 0.124. The van der Waals surface area contributed by atoms with Gasteiger partial charge in [-0.25, -0.2) is 4.68 Å². The molecule has 1 N–H and O–H groups in total. The van der Waals surface area contributed by atoms with Gasteiger partial charge < -0.3 is 15.1 Å². The van der Waals surface area contributed by atoms with Crippen LogP contribution >= 0.6 is 0 Å². The number of nitrogens with zero attached hydrogens (tertiary/aromatic N) is 4. The molecule has 1 saturated carbocycles. The van der Waals surface area contributed by atoms with Crippen molar-refractivity contribution >= 4 is 17.5 Å². The molecule has 2 aromatic carbocycles. The Morgan fingerprint density at radius 2 is 1.82 bits per heavy atom. The number of nitrogens with one attached hydrogen (secondary N) is 1. The molecule has 3 aromatic rings. The van der Waals surface area contributed by atoms with Crippen LogP contribution in [0.4, 0.5) is 5.69 Å². The first-order chi connectivity index (χ1) is 16.0. The maximum atomic E-state index is 13.9. The number of carbonyl (C=O) groups excluding carboxylic acids is 2. The van der Waals surface area contributed by atoms with E-state index in [1.165, 1.54) is 0 Å². The highest BCUT2D eigenvalue weighted by Gasteiger charge is 2.33. The van der Waals surface area contributed by atoms with E-state index < -0.39 is 0 Å². The van der Waals surface area contributed by atoms with E-state index in [-0.39, 0.29) is 23.8 Å². The van der Waals surface area contributed by atoms with Gasteiger partial charge in [-0.15, -0.1) is 0 Å². The molecule has 0 spiro atoms. The molecule has 1 aliphatic carbocycles. The lowest BCUT2D eigenvalue weighted by Gasteiger charge is -2.40. The molecule has 7 nitrogen and oxygen atoms in total. The van der Waals surface area contributed by atoms with Gasteiger partial charge in [-0.1, -0.05) is 30.3 Å². The van der Waals surface area contributed by atoms with E-state index in [1.54, 1.807) is 4.68 Å². The second-order valence-corrected chi connectivity index (χ2v) is 9.08. The predicted octanol–water partition coefficient (Wildman–Crippen LogP) is 3.66. The minimum Gasteiger partial charge on any atom is -0.329 e. The zero-order valence-electron chi connectivity index (χ0n) is 19.1. The topological polar surface area (TPSA) is 70.5 Å². The lowest BCUT2D eigenvalue weighted by Crippen LogP contribution is -2.49. The van der Waals surface area contributed by atoms with Crippen molar-refractivity contribution in [2.45, 2.75) is 25.8 Å². The second kappa shape index (κ2) is 8.83.